The van der Waals surface area contributed by atoms with Crippen LogP contribution in [0.15, 0.2) is 84.9 Å². The van der Waals surface area contributed by atoms with Crippen LogP contribution in [0.3, 0.4) is 0 Å². The predicted octanol–water partition coefficient (Wildman–Crippen LogP) is 5.12. The molecular formula is C26H25NO2. The molecule has 3 heteroatoms. The summed E-state index contributed by atoms with van der Waals surface area (Å²) in [5, 5.41) is 0. The number of hydrogen-bond donors (Lipinski definition) is 0. The molecule has 1 aliphatic rings. The predicted molar refractivity (Wildman–Crippen MR) is 116 cm³/mol. The fourth-order valence-electron chi connectivity index (χ4n) is 4.31. The van der Waals surface area contributed by atoms with Crippen molar-refractivity contribution in [3.05, 3.63) is 96.1 Å². The highest BCUT2D eigenvalue weighted by atomic mass is 16.2. The molecule has 1 fully saturated rings. The lowest BCUT2D eigenvalue weighted by atomic mass is 9.70. The summed E-state index contributed by atoms with van der Waals surface area (Å²) in [5.74, 6) is 0.220. The highest BCUT2D eigenvalue weighted by molar-refractivity contribution is 5.95. The molecule has 0 atom stereocenters. The van der Waals surface area contributed by atoms with E-state index in [2.05, 4.69) is 12.1 Å². The highest BCUT2D eigenvalue weighted by Crippen LogP contribution is 2.37. The molecule has 4 rings (SSSR count). The summed E-state index contributed by atoms with van der Waals surface area (Å²) in [4.78, 5) is 27.4. The Bertz CT molecular complexity index is 986. The normalized spacial score (nSPS) is 15.7. The smallest absolute Gasteiger partial charge is 0.253 e. The number of ketones is 1. The van der Waals surface area contributed by atoms with Gasteiger partial charge in [0.15, 0.2) is 0 Å². The second kappa shape index (κ2) is 8.04. The van der Waals surface area contributed by atoms with E-state index >= 15 is 0 Å². The molecule has 0 N–H and O–H groups in total. The van der Waals surface area contributed by atoms with Gasteiger partial charge in [-0.15, -0.1) is 0 Å². The third kappa shape index (κ3) is 3.73. The van der Waals surface area contributed by atoms with E-state index in [-0.39, 0.29) is 11.7 Å². The molecule has 0 aromatic heterocycles. The first-order valence-corrected chi connectivity index (χ1v) is 10.1. The summed E-state index contributed by atoms with van der Waals surface area (Å²) in [6, 6.07) is 27.9. The van der Waals surface area contributed by atoms with E-state index in [1.54, 1.807) is 6.92 Å². The average Bonchev–Trinajstić information content (AvgIpc) is 2.80. The number of nitrogens with zero attached hydrogens (tertiary/aromatic N) is 1. The maximum Gasteiger partial charge on any atom is 0.253 e. The molecule has 3 aromatic carbocycles. The molecule has 0 aliphatic carbocycles. The number of carbonyl (C=O) groups is 2. The van der Waals surface area contributed by atoms with Crippen molar-refractivity contribution < 1.29 is 9.59 Å². The maximum absolute atomic E-state index is 13.0. The topological polar surface area (TPSA) is 37.4 Å². The van der Waals surface area contributed by atoms with Crippen LogP contribution in [0.4, 0.5) is 0 Å². The largest absolute Gasteiger partial charge is 0.339 e. The first-order chi connectivity index (χ1) is 14.1. The molecule has 0 unspecified atom stereocenters. The van der Waals surface area contributed by atoms with Crippen molar-refractivity contribution in [2.75, 3.05) is 13.1 Å². The molecule has 1 saturated heterocycles. The van der Waals surface area contributed by atoms with Crippen LogP contribution < -0.4 is 0 Å². The molecule has 0 bridgehead atoms. The number of amides is 1. The number of hydrogen-bond acceptors (Lipinski definition) is 2. The minimum absolute atomic E-state index is 0.0369. The molecular weight excluding hydrogens is 358 g/mol. The van der Waals surface area contributed by atoms with E-state index in [1.165, 1.54) is 0 Å². The molecule has 0 saturated carbocycles. The minimum atomic E-state index is -0.477. The Morgan fingerprint density at radius 1 is 0.724 bits per heavy atom. The van der Waals surface area contributed by atoms with Gasteiger partial charge in [0.05, 0.1) is 5.41 Å². The number of rotatable bonds is 4. The standard InChI is InChI=1S/C26H25NO2/c1-20(28)26(24-10-6-3-7-11-24)16-18-27(19-17-26)25(29)23-14-12-22(13-15-23)21-8-4-2-5-9-21/h2-15H,16-19H2,1H3. The van der Waals surface area contributed by atoms with Gasteiger partial charge < -0.3 is 4.90 Å². The van der Waals surface area contributed by atoms with Crippen LogP contribution in [0.2, 0.25) is 0 Å². The van der Waals surface area contributed by atoms with Gasteiger partial charge in [0.1, 0.15) is 5.78 Å². The number of Topliss-reactive ketones (excluding diaryl/α,β-unsaturated/α-hetero) is 1. The van der Waals surface area contributed by atoms with Crippen molar-refractivity contribution in [1.29, 1.82) is 0 Å². The quantitative estimate of drug-likeness (QED) is 0.627. The fourth-order valence-corrected chi connectivity index (χ4v) is 4.31. The summed E-state index contributed by atoms with van der Waals surface area (Å²) in [6.07, 6.45) is 1.33. The lowest BCUT2D eigenvalue weighted by molar-refractivity contribution is -0.124. The Hall–Kier alpha value is -3.20. The van der Waals surface area contributed by atoms with Crippen LogP contribution in [-0.2, 0) is 10.2 Å². The average molecular weight is 383 g/mol. The van der Waals surface area contributed by atoms with Crippen LogP contribution in [0.5, 0.6) is 0 Å². The molecule has 146 valence electrons. The SMILES string of the molecule is CC(=O)C1(c2ccccc2)CCN(C(=O)c2ccc(-c3ccccc3)cc2)CC1. The van der Waals surface area contributed by atoms with Gasteiger partial charge in [-0.1, -0.05) is 72.8 Å². The van der Waals surface area contributed by atoms with Crippen molar-refractivity contribution in [3.8, 4) is 11.1 Å². The van der Waals surface area contributed by atoms with Gasteiger partial charge in [-0.2, -0.15) is 0 Å². The van der Waals surface area contributed by atoms with Gasteiger partial charge in [0, 0.05) is 18.7 Å². The number of piperidine rings is 1. The Morgan fingerprint density at radius 2 is 1.24 bits per heavy atom. The van der Waals surface area contributed by atoms with E-state index in [4.69, 9.17) is 0 Å². The lowest BCUT2D eigenvalue weighted by Gasteiger charge is -2.40. The van der Waals surface area contributed by atoms with Crippen LogP contribution in [-0.4, -0.2) is 29.7 Å². The van der Waals surface area contributed by atoms with Crippen molar-refractivity contribution in [2.24, 2.45) is 0 Å². The van der Waals surface area contributed by atoms with Gasteiger partial charge in [-0.25, -0.2) is 0 Å². The van der Waals surface area contributed by atoms with Gasteiger partial charge in [-0.05, 0) is 48.6 Å². The van der Waals surface area contributed by atoms with Gasteiger partial charge in [0.25, 0.3) is 5.91 Å². The molecule has 0 radical (unpaired) electrons. The second-order valence-corrected chi connectivity index (χ2v) is 7.74. The van der Waals surface area contributed by atoms with E-state index in [1.807, 2.05) is 77.7 Å². The Balaban J connectivity index is 1.48. The van der Waals surface area contributed by atoms with Gasteiger partial charge >= 0.3 is 0 Å². The molecule has 0 spiro atoms. The molecule has 1 heterocycles. The minimum Gasteiger partial charge on any atom is -0.339 e. The monoisotopic (exact) mass is 383 g/mol. The van der Waals surface area contributed by atoms with E-state index in [0.29, 0.717) is 31.5 Å². The lowest BCUT2D eigenvalue weighted by Crippen LogP contribution is -2.48. The van der Waals surface area contributed by atoms with Gasteiger partial charge in [-0.3, -0.25) is 9.59 Å². The Labute approximate surface area is 172 Å². The maximum atomic E-state index is 13.0. The first-order valence-electron chi connectivity index (χ1n) is 10.1. The second-order valence-electron chi connectivity index (χ2n) is 7.74. The summed E-state index contributed by atoms with van der Waals surface area (Å²) in [7, 11) is 0. The summed E-state index contributed by atoms with van der Waals surface area (Å²) < 4.78 is 0. The summed E-state index contributed by atoms with van der Waals surface area (Å²) >= 11 is 0. The summed E-state index contributed by atoms with van der Waals surface area (Å²) in [5.41, 5.74) is 3.51. The Morgan fingerprint density at radius 3 is 1.79 bits per heavy atom. The first kappa shape index (κ1) is 19.1. The van der Waals surface area contributed by atoms with E-state index in [9.17, 15) is 9.59 Å². The summed E-state index contributed by atoms with van der Waals surface area (Å²) in [6.45, 7) is 2.86. The molecule has 1 amide bonds. The fraction of sp³-hybridized carbons (Fsp3) is 0.231. The number of benzene rings is 3. The van der Waals surface area contributed by atoms with Crippen molar-refractivity contribution in [1.82, 2.24) is 4.90 Å². The zero-order valence-corrected chi connectivity index (χ0v) is 16.7. The van der Waals surface area contributed by atoms with Gasteiger partial charge in [0.2, 0.25) is 0 Å². The van der Waals surface area contributed by atoms with E-state index in [0.717, 1.165) is 16.7 Å². The Kier molecular flexibility index (Phi) is 5.30. The third-order valence-corrected chi connectivity index (χ3v) is 6.14. The highest BCUT2D eigenvalue weighted by Gasteiger charge is 2.41. The molecule has 3 aromatic rings. The van der Waals surface area contributed by atoms with Crippen LogP contribution in [0.1, 0.15) is 35.7 Å². The van der Waals surface area contributed by atoms with Crippen molar-refractivity contribution in [3.63, 3.8) is 0 Å². The van der Waals surface area contributed by atoms with Crippen LogP contribution in [0.25, 0.3) is 11.1 Å². The third-order valence-electron chi connectivity index (χ3n) is 6.14. The molecule has 29 heavy (non-hydrogen) atoms. The van der Waals surface area contributed by atoms with Crippen molar-refractivity contribution >= 4 is 11.7 Å². The zero-order valence-electron chi connectivity index (χ0n) is 16.7. The van der Waals surface area contributed by atoms with Crippen LogP contribution in [0, 0.1) is 0 Å². The van der Waals surface area contributed by atoms with E-state index < -0.39 is 5.41 Å². The molecule has 3 nitrogen and oxygen atoms in total. The van der Waals surface area contributed by atoms with Crippen molar-refractivity contribution in [2.45, 2.75) is 25.2 Å². The van der Waals surface area contributed by atoms with Crippen LogP contribution >= 0.6 is 0 Å². The number of likely N-dealkylation sites (tertiary alicyclic amines) is 1. The number of carbonyl (C=O) groups excluding carboxylic acids is 2. The zero-order chi connectivity index (χ0) is 20.3. The molecule has 1 aliphatic heterocycles.